The minimum absolute atomic E-state index is 0.0545. The van der Waals surface area contributed by atoms with Gasteiger partial charge in [0.05, 0.1) is 24.8 Å². The minimum Gasteiger partial charge on any atom is -0.388 e. The Bertz CT molecular complexity index is 588. The summed E-state index contributed by atoms with van der Waals surface area (Å²) in [6.45, 7) is 1.99. The Morgan fingerprint density at radius 3 is 2.19 bits per heavy atom. The van der Waals surface area contributed by atoms with Crippen molar-refractivity contribution in [1.82, 2.24) is 5.32 Å². The lowest BCUT2D eigenvalue weighted by Crippen LogP contribution is -2.68. The van der Waals surface area contributed by atoms with Gasteiger partial charge in [0.1, 0.15) is 30.0 Å². The molecule has 2 aliphatic heterocycles. The van der Waals surface area contributed by atoms with Gasteiger partial charge in [0.25, 0.3) is 0 Å². The molecule has 3 aliphatic rings. The molecule has 0 aromatic carbocycles. The molecule has 0 aromatic heterocycles. The molecule has 0 aromatic rings. The van der Waals surface area contributed by atoms with Crippen LogP contribution in [0.25, 0.3) is 0 Å². The SMILES string of the molecule is CNCC1CCC(N)C(OC2C(N)CC(N)C(OC3OCC(C)(O)C(N)C3O)C2O)O1. The molecule has 12 unspecified atom stereocenters. The quantitative estimate of drug-likeness (QED) is 0.195. The van der Waals surface area contributed by atoms with E-state index in [1.54, 1.807) is 0 Å². The lowest BCUT2D eigenvalue weighted by molar-refractivity contribution is -0.304. The van der Waals surface area contributed by atoms with E-state index in [0.717, 1.165) is 6.42 Å². The van der Waals surface area contributed by atoms with Crippen LogP contribution >= 0.6 is 0 Å². The van der Waals surface area contributed by atoms with Crippen LogP contribution in [0.15, 0.2) is 0 Å². The van der Waals surface area contributed by atoms with Crippen molar-refractivity contribution in [3.05, 3.63) is 0 Å². The van der Waals surface area contributed by atoms with Crippen LogP contribution in [0.3, 0.4) is 0 Å². The lowest BCUT2D eigenvalue weighted by atomic mass is 9.84. The maximum atomic E-state index is 11.0. The predicted molar refractivity (Wildman–Crippen MR) is 110 cm³/mol. The average molecular weight is 450 g/mol. The van der Waals surface area contributed by atoms with E-state index in [1.165, 1.54) is 6.92 Å². The van der Waals surface area contributed by atoms with Crippen molar-refractivity contribution in [3.8, 4) is 0 Å². The summed E-state index contributed by atoms with van der Waals surface area (Å²) in [4.78, 5) is 0. The van der Waals surface area contributed by atoms with Crippen molar-refractivity contribution in [3.63, 3.8) is 0 Å². The Morgan fingerprint density at radius 1 is 0.968 bits per heavy atom. The van der Waals surface area contributed by atoms with Crippen molar-refractivity contribution in [2.75, 3.05) is 20.2 Å². The van der Waals surface area contributed by atoms with Gasteiger partial charge < -0.3 is 62.5 Å². The lowest BCUT2D eigenvalue weighted by Gasteiger charge is -2.47. The van der Waals surface area contributed by atoms with Crippen molar-refractivity contribution in [2.45, 2.75) is 99.1 Å². The Hall–Kier alpha value is -0.480. The van der Waals surface area contributed by atoms with E-state index >= 15 is 0 Å². The predicted octanol–water partition coefficient (Wildman–Crippen LogP) is -3.98. The second-order valence-corrected chi connectivity index (χ2v) is 9.23. The number of aliphatic hydroxyl groups excluding tert-OH is 2. The number of rotatable bonds is 6. The summed E-state index contributed by atoms with van der Waals surface area (Å²) < 4.78 is 23.3. The van der Waals surface area contributed by atoms with Gasteiger partial charge in [-0.15, -0.1) is 0 Å². The third-order valence-corrected chi connectivity index (χ3v) is 6.48. The number of nitrogens with two attached hydrogens (primary N) is 4. The highest BCUT2D eigenvalue weighted by atomic mass is 16.7. The van der Waals surface area contributed by atoms with E-state index < -0.39 is 60.7 Å². The average Bonchev–Trinajstić information content (AvgIpc) is 2.70. The molecule has 12 N–H and O–H groups in total. The Kier molecular flexibility index (Phi) is 8.27. The second-order valence-electron chi connectivity index (χ2n) is 9.23. The highest BCUT2D eigenvalue weighted by Gasteiger charge is 2.50. The largest absolute Gasteiger partial charge is 0.388 e. The smallest absolute Gasteiger partial charge is 0.185 e. The van der Waals surface area contributed by atoms with Gasteiger partial charge in [0.15, 0.2) is 12.6 Å². The molecule has 12 atom stereocenters. The summed E-state index contributed by atoms with van der Waals surface area (Å²) in [7, 11) is 1.84. The molecule has 31 heavy (non-hydrogen) atoms. The first-order chi connectivity index (χ1) is 14.5. The van der Waals surface area contributed by atoms with Gasteiger partial charge >= 0.3 is 0 Å². The highest BCUT2D eigenvalue weighted by molar-refractivity contribution is 5.01. The van der Waals surface area contributed by atoms with Gasteiger partial charge in [-0.25, -0.2) is 0 Å². The zero-order valence-corrected chi connectivity index (χ0v) is 18.2. The number of ether oxygens (including phenoxy) is 4. The van der Waals surface area contributed by atoms with E-state index in [4.69, 9.17) is 41.9 Å². The summed E-state index contributed by atoms with van der Waals surface area (Å²) in [6, 6.07) is -2.54. The third-order valence-electron chi connectivity index (χ3n) is 6.48. The van der Waals surface area contributed by atoms with Gasteiger partial charge in [-0.3, -0.25) is 0 Å². The molecule has 0 radical (unpaired) electrons. The summed E-state index contributed by atoms with van der Waals surface area (Å²) >= 11 is 0. The summed E-state index contributed by atoms with van der Waals surface area (Å²) in [5.41, 5.74) is 23.1. The van der Waals surface area contributed by atoms with Gasteiger partial charge in [-0.2, -0.15) is 0 Å². The van der Waals surface area contributed by atoms with Gasteiger partial charge in [-0.1, -0.05) is 0 Å². The monoisotopic (exact) mass is 449 g/mol. The van der Waals surface area contributed by atoms with Crippen LogP contribution in [0.5, 0.6) is 0 Å². The van der Waals surface area contributed by atoms with Gasteiger partial charge in [0.2, 0.25) is 0 Å². The number of nitrogens with one attached hydrogen (secondary N) is 1. The normalized spacial score (nSPS) is 51.6. The topological polar surface area (TPSA) is 214 Å². The van der Waals surface area contributed by atoms with E-state index in [9.17, 15) is 15.3 Å². The highest BCUT2D eigenvalue weighted by Crippen LogP contribution is 2.31. The molecule has 3 rings (SSSR count). The van der Waals surface area contributed by atoms with Gasteiger partial charge in [0, 0.05) is 18.6 Å². The minimum atomic E-state index is -1.40. The molecule has 3 fully saturated rings. The Morgan fingerprint density at radius 2 is 1.58 bits per heavy atom. The Labute approximate surface area is 182 Å². The molecular formula is C19H39N5O7. The fraction of sp³-hybridized carbons (Fsp3) is 1.00. The van der Waals surface area contributed by atoms with Crippen LogP contribution in [-0.2, 0) is 18.9 Å². The van der Waals surface area contributed by atoms with Crippen LogP contribution in [0.2, 0.25) is 0 Å². The van der Waals surface area contributed by atoms with E-state index in [-0.39, 0.29) is 18.8 Å². The third kappa shape index (κ3) is 5.54. The van der Waals surface area contributed by atoms with E-state index in [2.05, 4.69) is 5.32 Å². The fourth-order valence-electron chi connectivity index (χ4n) is 4.44. The van der Waals surface area contributed by atoms with Crippen molar-refractivity contribution in [1.29, 1.82) is 0 Å². The summed E-state index contributed by atoms with van der Waals surface area (Å²) in [5, 5.41) is 34.7. The second kappa shape index (κ2) is 10.2. The zero-order valence-electron chi connectivity index (χ0n) is 18.2. The Balaban J connectivity index is 1.66. The van der Waals surface area contributed by atoms with Crippen LogP contribution in [0.4, 0.5) is 0 Å². The molecule has 0 spiro atoms. The molecule has 2 heterocycles. The number of hydrogen-bond donors (Lipinski definition) is 8. The maximum Gasteiger partial charge on any atom is 0.185 e. The molecule has 0 amide bonds. The maximum absolute atomic E-state index is 11.0. The zero-order chi connectivity index (χ0) is 22.9. The van der Waals surface area contributed by atoms with Crippen LogP contribution in [0.1, 0.15) is 26.2 Å². The number of likely N-dealkylation sites (N-methyl/N-ethyl adjacent to an activating group) is 1. The van der Waals surface area contributed by atoms with Gasteiger partial charge in [-0.05, 0) is 33.2 Å². The molecule has 0 bridgehead atoms. The van der Waals surface area contributed by atoms with Crippen LogP contribution in [0, 0.1) is 0 Å². The molecular weight excluding hydrogens is 410 g/mol. The standard InChI is InChI=1S/C19H39N5O7/c1-19(27)7-28-18(13(26)16(19)23)31-15-11(22)5-10(21)14(12(15)25)30-17-9(20)4-3-8(29-17)6-24-2/h8-18,24-27H,3-7,20-23H2,1-2H3. The number of aliphatic hydroxyl groups is 3. The van der Waals surface area contributed by atoms with Crippen LogP contribution in [-0.4, -0.2) is 108 Å². The van der Waals surface area contributed by atoms with Crippen molar-refractivity contribution in [2.24, 2.45) is 22.9 Å². The molecule has 2 saturated heterocycles. The fourth-order valence-corrected chi connectivity index (χ4v) is 4.44. The summed E-state index contributed by atoms with van der Waals surface area (Å²) in [6.07, 6.45) is -4.42. The molecule has 12 heteroatoms. The number of hydrogen-bond acceptors (Lipinski definition) is 12. The van der Waals surface area contributed by atoms with Crippen molar-refractivity contribution >= 4 is 0 Å². The molecule has 12 nitrogen and oxygen atoms in total. The first-order valence-corrected chi connectivity index (χ1v) is 10.9. The summed E-state index contributed by atoms with van der Waals surface area (Å²) in [5.74, 6) is 0. The molecule has 182 valence electrons. The van der Waals surface area contributed by atoms with Crippen LogP contribution < -0.4 is 28.3 Å². The van der Waals surface area contributed by atoms with E-state index in [1.807, 2.05) is 7.05 Å². The first-order valence-electron chi connectivity index (χ1n) is 10.9. The van der Waals surface area contributed by atoms with Crippen molar-refractivity contribution < 1.29 is 34.3 Å². The molecule has 1 aliphatic carbocycles. The first kappa shape index (κ1) is 25.1. The van der Waals surface area contributed by atoms with E-state index in [0.29, 0.717) is 19.4 Å². The molecule has 1 saturated carbocycles.